The summed E-state index contributed by atoms with van der Waals surface area (Å²) < 4.78 is 0. The quantitative estimate of drug-likeness (QED) is 0.675. The molecule has 18 heavy (non-hydrogen) atoms. The Kier molecular flexibility index (Phi) is 6.48. The van der Waals surface area contributed by atoms with E-state index in [2.05, 4.69) is 36.7 Å². The van der Waals surface area contributed by atoms with Gasteiger partial charge in [-0.3, -0.25) is 4.98 Å². The molecule has 1 unspecified atom stereocenters. The number of pyridine rings is 1. The van der Waals surface area contributed by atoms with Crippen molar-refractivity contribution in [3.63, 3.8) is 0 Å². The van der Waals surface area contributed by atoms with E-state index in [0.717, 1.165) is 24.2 Å². The van der Waals surface area contributed by atoms with Crippen LogP contribution in [-0.2, 0) is 5.88 Å². The highest BCUT2D eigenvalue weighted by Crippen LogP contribution is 2.25. The first kappa shape index (κ1) is 15.3. The number of unbranched alkanes of at least 4 members (excludes halogenated alkanes) is 1. The Bertz CT molecular complexity index is 366. The molecule has 102 valence electrons. The molecule has 0 aliphatic rings. The van der Waals surface area contributed by atoms with Gasteiger partial charge in [-0.15, -0.1) is 11.6 Å². The molecule has 1 atom stereocenters. The Balaban J connectivity index is 3.05. The molecule has 0 spiro atoms. The van der Waals surface area contributed by atoms with Gasteiger partial charge in [-0.25, -0.2) is 0 Å². The summed E-state index contributed by atoms with van der Waals surface area (Å²) in [6, 6.07) is 2.71. The maximum Gasteiger partial charge on any atom is 0.0509 e. The van der Waals surface area contributed by atoms with Gasteiger partial charge in [0.25, 0.3) is 0 Å². The molecule has 0 N–H and O–H groups in total. The van der Waals surface area contributed by atoms with Crippen LogP contribution in [0.5, 0.6) is 0 Å². The molecule has 0 amide bonds. The Labute approximate surface area is 116 Å². The fourth-order valence-corrected chi connectivity index (χ4v) is 2.28. The molecule has 0 aromatic carbocycles. The maximum absolute atomic E-state index is 6.04. The zero-order valence-electron chi connectivity index (χ0n) is 12.0. The number of halogens is 1. The van der Waals surface area contributed by atoms with Crippen LogP contribution >= 0.6 is 11.6 Å². The summed E-state index contributed by atoms with van der Waals surface area (Å²) in [6.07, 6.45) is 5.49. The van der Waals surface area contributed by atoms with Crippen LogP contribution in [0.1, 0.15) is 51.3 Å². The van der Waals surface area contributed by atoms with Gasteiger partial charge in [0.1, 0.15) is 0 Å². The van der Waals surface area contributed by atoms with Gasteiger partial charge in [0.2, 0.25) is 0 Å². The number of rotatable bonds is 7. The van der Waals surface area contributed by atoms with E-state index < -0.39 is 0 Å². The monoisotopic (exact) mass is 268 g/mol. The van der Waals surface area contributed by atoms with Gasteiger partial charge in [0.05, 0.1) is 5.88 Å². The minimum absolute atomic E-state index is 0.529. The normalized spacial score (nSPS) is 12.5. The van der Waals surface area contributed by atoms with Crippen LogP contribution < -0.4 is 4.90 Å². The third-order valence-electron chi connectivity index (χ3n) is 3.43. The SMILES string of the molecule is CCCCN(c1cc(C)ncc1CCl)C(C)CC. The van der Waals surface area contributed by atoms with E-state index in [1.54, 1.807) is 0 Å². The highest BCUT2D eigenvalue weighted by Gasteiger charge is 2.16. The second kappa shape index (κ2) is 7.63. The van der Waals surface area contributed by atoms with E-state index in [9.17, 15) is 0 Å². The maximum atomic E-state index is 6.04. The van der Waals surface area contributed by atoms with Crippen molar-refractivity contribution in [3.8, 4) is 0 Å². The summed E-state index contributed by atoms with van der Waals surface area (Å²) >= 11 is 6.04. The van der Waals surface area contributed by atoms with Crippen LogP contribution in [0.2, 0.25) is 0 Å². The van der Waals surface area contributed by atoms with Gasteiger partial charge in [0, 0.05) is 35.7 Å². The summed E-state index contributed by atoms with van der Waals surface area (Å²) in [5.74, 6) is 0.529. The highest BCUT2D eigenvalue weighted by molar-refractivity contribution is 6.17. The standard InChI is InChI=1S/C15H25ClN2/c1-5-7-8-18(13(4)6-2)15-9-12(3)17-11-14(15)10-16/h9,11,13H,5-8,10H2,1-4H3. The Morgan fingerprint density at radius 1 is 1.39 bits per heavy atom. The number of hydrogen-bond donors (Lipinski definition) is 0. The summed E-state index contributed by atoms with van der Waals surface area (Å²) in [6.45, 7) is 9.88. The van der Waals surface area contributed by atoms with E-state index in [-0.39, 0.29) is 0 Å². The summed E-state index contributed by atoms with van der Waals surface area (Å²) in [5.41, 5.74) is 3.46. The Morgan fingerprint density at radius 2 is 2.11 bits per heavy atom. The van der Waals surface area contributed by atoms with Crippen molar-refractivity contribution in [3.05, 3.63) is 23.5 Å². The van der Waals surface area contributed by atoms with E-state index in [1.165, 1.54) is 18.5 Å². The van der Waals surface area contributed by atoms with Gasteiger partial charge >= 0.3 is 0 Å². The van der Waals surface area contributed by atoms with Crippen LogP contribution in [0.4, 0.5) is 5.69 Å². The number of alkyl halides is 1. The lowest BCUT2D eigenvalue weighted by molar-refractivity contribution is 0.594. The smallest absolute Gasteiger partial charge is 0.0509 e. The zero-order valence-corrected chi connectivity index (χ0v) is 12.8. The van der Waals surface area contributed by atoms with E-state index in [4.69, 9.17) is 11.6 Å². The number of anilines is 1. The first-order chi connectivity index (χ1) is 8.63. The molecule has 0 saturated heterocycles. The summed E-state index contributed by atoms with van der Waals surface area (Å²) in [7, 11) is 0. The van der Waals surface area contributed by atoms with E-state index in [1.807, 2.05) is 13.1 Å². The summed E-state index contributed by atoms with van der Waals surface area (Å²) in [4.78, 5) is 6.83. The number of aryl methyl sites for hydroxylation is 1. The average molecular weight is 269 g/mol. The number of aromatic nitrogens is 1. The van der Waals surface area contributed by atoms with Crippen molar-refractivity contribution in [2.45, 2.75) is 58.9 Å². The first-order valence-electron chi connectivity index (χ1n) is 6.92. The molecule has 1 heterocycles. The van der Waals surface area contributed by atoms with Crippen LogP contribution in [0.15, 0.2) is 12.3 Å². The van der Waals surface area contributed by atoms with Crippen molar-refractivity contribution in [2.24, 2.45) is 0 Å². The van der Waals surface area contributed by atoms with Crippen molar-refractivity contribution in [1.29, 1.82) is 0 Å². The molecule has 0 radical (unpaired) electrons. The summed E-state index contributed by atoms with van der Waals surface area (Å²) in [5, 5.41) is 0. The van der Waals surface area contributed by atoms with Crippen molar-refractivity contribution >= 4 is 17.3 Å². The minimum Gasteiger partial charge on any atom is -0.368 e. The molecule has 3 heteroatoms. The topological polar surface area (TPSA) is 16.1 Å². The average Bonchev–Trinajstić information content (AvgIpc) is 2.39. The number of hydrogen-bond acceptors (Lipinski definition) is 2. The Morgan fingerprint density at radius 3 is 2.67 bits per heavy atom. The molecule has 2 nitrogen and oxygen atoms in total. The van der Waals surface area contributed by atoms with E-state index >= 15 is 0 Å². The lowest BCUT2D eigenvalue weighted by Gasteiger charge is -2.32. The molecule has 0 saturated carbocycles. The van der Waals surface area contributed by atoms with Gasteiger partial charge in [0.15, 0.2) is 0 Å². The van der Waals surface area contributed by atoms with Gasteiger partial charge < -0.3 is 4.90 Å². The van der Waals surface area contributed by atoms with Crippen molar-refractivity contribution < 1.29 is 0 Å². The molecule has 0 aliphatic carbocycles. The predicted molar refractivity (Wildman–Crippen MR) is 80.5 cm³/mol. The number of nitrogens with zero attached hydrogens (tertiary/aromatic N) is 2. The fourth-order valence-electron chi connectivity index (χ4n) is 2.07. The van der Waals surface area contributed by atoms with Crippen molar-refractivity contribution in [1.82, 2.24) is 4.98 Å². The lowest BCUT2D eigenvalue weighted by atomic mass is 10.1. The van der Waals surface area contributed by atoms with Gasteiger partial charge in [-0.2, -0.15) is 0 Å². The molecule has 1 aromatic heterocycles. The van der Waals surface area contributed by atoms with Crippen LogP contribution in [-0.4, -0.2) is 17.6 Å². The third kappa shape index (κ3) is 3.88. The van der Waals surface area contributed by atoms with Crippen LogP contribution in [0.25, 0.3) is 0 Å². The minimum atomic E-state index is 0.529. The fraction of sp³-hybridized carbons (Fsp3) is 0.667. The van der Waals surface area contributed by atoms with E-state index in [0.29, 0.717) is 11.9 Å². The molecule has 0 fully saturated rings. The zero-order chi connectivity index (χ0) is 13.5. The van der Waals surface area contributed by atoms with Crippen LogP contribution in [0, 0.1) is 6.92 Å². The molecule has 1 rings (SSSR count). The van der Waals surface area contributed by atoms with Gasteiger partial charge in [-0.05, 0) is 32.8 Å². The molecular weight excluding hydrogens is 244 g/mol. The highest BCUT2D eigenvalue weighted by atomic mass is 35.5. The Hall–Kier alpha value is -0.760. The van der Waals surface area contributed by atoms with Crippen molar-refractivity contribution in [2.75, 3.05) is 11.4 Å². The van der Waals surface area contributed by atoms with Crippen LogP contribution in [0.3, 0.4) is 0 Å². The second-order valence-corrected chi connectivity index (χ2v) is 5.16. The molecular formula is C15H25ClN2. The largest absolute Gasteiger partial charge is 0.368 e. The second-order valence-electron chi connectivity index (χ2n) is 4.89. The predicted octanol–water partition coefficient (Wildman–Crippen LogP) is 4.53. The third-order valence-corrected chi connectivity index (χ3v) is 3.72. The van der Waals surface area contributed by atoms with Gasteiger partial charge in [-0.1, -0.05) is 20.3 Å². The lowest BCUT2D eigenvalue weighted by Crippen LogP contribution is -2.34. The molecule has 1 aromatic rings. The molecule has 0 bridgehead atoms. The first-order valence-corrected chi connectivity index (χ1v) is 7.45. The molecule has 0 aliphatic heterocycles.